The first-order chi connectivity index (χ1) is 17.0. The molecule has 1 aliphatic heterocycles. The Labute approximate surface area is 202 Å². The van der Waals surface area contributed by atoms with E-state index in [2.05, 4.69) is 4.98 Å². The summed E-state index contributed by atoms with van der Waals surface area (Å²) in [7, 11) is -2.40. The number of anilines is 1. The van der Waals surface area contributed by atoms with E-state index in [1.807, 2.05) is 0 Å². The first-order valence-corrected chi connectivity index (χ1v) is 12.5. The molecular formula is C25H23N3O6S. The van der Waals surface area contributed by atoms with Crippen molar-refractivity contribution in [3.05, 3.63) is 78.6 Å². The quantitative estimate of drug-likeness (QED) is 0.400. The van der Waals surface area contributed by atoms with Gasteiger partial charge in [0.15, 0.2) is 5.76 Å². The zero-order valence-electron chi connectivity index (χ0n) is 19.0. The maximum Gasteiger partial charge on any atom is 0.266 e. The summed E-state index contributed by atoms with van der Waals surface area (Å²) in [6.07, 6.45) is 1.47. The van der Waals surface area contributed by atoms with Crippen LogP contribution in [0.5, 0.6) is 5.75 Å². The Kier molecular flexibility index (Phi) is 6.04. The van der Waals surface area contributed by atoms with Crippen molar-refractivity contribution in [1.29, 1.82) is 0 Å². The fourth-order valence-electron chi connectivity index (χ4n) is 3.94. The second-order valence-corrected chi connectivity index (χ2v) is 9.80. The standard InChI is InChI=1S/C25H23N3O6S/c1-32-19-8-5-7-18(17-19)24(29)27-12-14-28(15-13-27)25-23(26-22(34-25)21-11-6-16-33-21)35(30,31)20-9-3-2-4-10-20/h2-11,16-17H,12-15H2,1H3. The van der Waals surface area contributed by atoms with E-state index in [1.54, 1.807) is 71.5 Å². The predicted octanol–water partition coefficient (Wildman–Crippen LogP) is 3.74. The molecular weight excluding hydrogens is 470 g/mol. The number of benzene rings is 2. The van der Waals surface area contributed by atoms with E-state index in [9.17, 15) is 13.2 Å². The van der Waals surface area contributed by atoms with Crippen LogP contribution >= 0.6 is 0 Å². The molecule has 0 aliphatic carbocycles. The molecule has 2 aromatic heterocycles. The highest BCUT2D eigenvalue weighted by molar-refractivity contribution is 7.91. The highest BCUT2D eigenvalue weighted by atomic mass is 32.2. The lowest BCUT2D eigenvalue weighted by Gasteiger charge is -2.34. The molecule has 35 heavy (non-hydrogen) atoms. The first-order valence-electron chi connectivity index (χ1n) is 11.0. The molecule has 180 valence electrons. The number of nitrogens with zero attached hydrogens (tertiary/aromatic N) is 3. The molecule has 2 aromatic carbocycles. The lowest BCUT2D eigenvalue weighted by molar-refractivity contribution is 0.0744. The second-order valence-electron chi connectivity index (χ2n) is 7.93. The summed E-state index contributed by atoms with van der Waals surface area (Å²) in [5.41, 5.74) is 0.532. The number of carbonyl (C=O) groups is 1. The number of aromatic nitrogens is 1. The van der Waals surface area contributed by atoms with E-state index in [-0.39, 0.29) is 27.6 Å². The van der Waals surface area contributed by atoms with Gasteiger partial charge < -0.3 is 23.4 Å². The fourth-order valence-corrected chi connectivity index (χ4v) is 5.28. The normalized spacial score (nSPS) is 14.2. The van der Waals surface area contributed by atoms with Gasteiger partial charge in [-0.05, 0) is 42.5 Å². The number of amides is 1. The predicted molar refractivity (Wildman–Crippen MR) is 127 cm³/mol. The van der Waals surface area contributed by atoms with Gasteiger partial charge in [-0.3, -0.25) is 4.79 Å². The lowest BCUT2D eigenvalue weighted by atomic mass is 10.1. The molecule has 4 aromatic rings. The molecule has 5 rings (SSSR count). The van der Waals surface area contributed by atoms with E-state index in [4.69, 9.17) is 13.6 Å². The van der Waals surface area contributed by atoms with Crippen LogP contribution in [0.3, 0.4) is 0 Å². The summed E-state index contributed by atoms with van der Waals surface area (Å²) in [6, 6.07) is 18.4. The Bertz CT molecular complexity index is 1420. The van der Waals surface area contributed by atoms with Crippen molar-refractivity contribution in [2.45, 2.75) is 9.92 Å². The van der Waals surface area contributed by atoms with Crippen molar-refractivity contribution < 1.29 is 26.8 Å². The van der Waals surface area contributed by atoms with Gasteiger partial charge in [0.25, 0.3) is 11.8 Å². The van der Waals surface area contributed by atoms with Crippen LogP contribution in [0.1, 0.15) is 10.4 Å². The lowest BCUT2D eigenvalue weighted by Crippen LogP contribution is -2.49. The minimum absolute atomic E-state index is 0.0781. The highest BCUT2D eigenvalue weighted by Gasteiger charge is 2.34. The molecule has 0 atom stereocenters. The summed E-state index contributed by atoms with van der Waals surface area (Å²) in [6.45, 7) is 1.52. The van der Waals surface area contributed by atoms with Crippen LogP contribution < -0.4 is 9.64 Å². The van der Waals surface area contributed by atoms with Gasteiger partial charge in [0.2, 0.25) is 20.7 Å². The third-order valence-corrected chi connectivity index (χ3v) is 7.46. The van der Waals surface area contributed by atoms with E-state index < -0.39 is 9.84 Å². The van der Waals surface area contributed by atoms with Crippen LogP contribution in [-0.2, 0) is 9.84 Å². The number of carbonyl (C=O) groups excluding carboxylic acids is 1. The Morgan fingerprint density at radius 3 is 2.43 bits per heavy atom. The number of sulfone groups is 1. The molecule has 1 amide bonds. The number of hydrogen-bond acceptors (Lipinski definition) is 8. The average molecular weight is 494 g/mol. The number of piperazine rings is 1. The van der Waals surface area contributed by atoms with E-state index in [0.717, 1.165) is 0 Å². The smallest absolute Gasteiger partial charge is 0.266 e. The molecule has 1 fully saturated rings. The van der Waals surface area contributed by atoms with Crippen molar-refractivity contribution >= 4 is 21.6 Å². The minimum Gasteiger partial charge on any atom is -0.497 e. The monoisotopic (exact) mass is 493 g/mol. The molecule has 3 heterocycles. The van der Waals surface area contributed by atoms with Crippen LogP contribution in [0.4, 0.5) is 5.88 Å². The molecule has 0 saturated carbocycles. The number of ether oxygens (including phenoxy) is 1. The van der Waals surface area contributed by atoms with Crippen LogP contribution in [0, 0.1) is 0 Å². The summed E-state index contributed by atoms with van der Waals surface area (Å²) >= 11 is 0. The first kappa shape index (κ1) is 22.7. The molecule has 1 aliphatic rings. The van der Waals surface area contributed by atoms with Gasteiger partial charge in [-0.2, -0.15) is 4.98 Å². The fraction of sp³-hybridized carbons (Fsp3) is 0.200. The van der Waals surface area contributed by atoms with Gasteiger partial charge in [0, 0.05) is 31.7 Å². The van der Waals surface area contributed by atoms with Crippen LogP contribution in [-0.4, -0.2) is 57.5 Å². The molecule has 0 N–H and O–H groups in total. The average Bonchev–Trinajstić information content (AvgIpc) is 3.60. The SMILES string of the molecule is COc1cccc(C(=O)N2CCN(c3oc(-c4ccco4)nc3S(=O)(=O)c3ccccc3)CC2)c1. The zero-order chi connectivity index (χ0) is 24.4. The minimum atomic E-state index is -3.95. The number of hydrogen-bond donors (Lipinski definition) is 0. The van der Waals surface area contributed by atoms with Crippen LogP contribution in [0.25, 0.3) is 11.7 Å². The molecule has 0 radical (unpaired) electrons. The van der Waals surface area contributed by atoms with Gasteiger partial charge in [0.05, 0.1) is 18.3 Å². The maximum atomic E-state index is 13.4. The van der Waals surface area contributed by atoms with E-state index in [0.29, 0.717) is 43.3 Å². The zero-order valence-corrected chi connectivity index (χ0v) is 19.8. The summed E-state index contributed by atoms with van der Waals surface area (Å²) in [5.74, 6) is 1.03. The summed E-state index contributed by atoms with van der Waals surface area (Å²) in [5, 5.41) is -0.178. The number of furan rings is 1. The molecule has 1 saturated heterocycles. The van der Waals surface area contributed by atoms with E-state index >= 15 is 0 Å². The van der Waals surface area contributed by atoms with Gasteiger partial charge in [-0.25, -0.2) is 8.42 Å². The maximum absolute atomic E-state index is 13.4. The molecule has 0 spiro atoms. The molecule has 0 unspecified atom stereocenters. The van der Waals surface area contributed by atoms with Crippen molar-refractivity contribution in [2.24, 2.45) is 0 Å². The van der Waals surface area contributed by atoms with Crippen molar-refractivity contribution in [3.63, 3.8) is 0 Å². The number of oxazole rings is 1. The largest absolute Gasteiger partial charge is 0.497 e. The van der Waals surface area contributed by atoms with Crippen LogP contribution in [0.15, 0.2) is 91.7 Å². The third-order valence-electron chi connectivity index (χ3n) is 5.79. The Morgan fingerprint density at radius 1 is 0.971 bits per heavy atom. The van der Waals surface area contributed by atoms with Gasteiger partial charge in [-0.1, -0.05) is 24.3 Å². The summed E-state index contributed by atoms with van der Waals surface area (Å²) < 4.78 is 43.4. The van der Waals surface area contributed by atoms with Crippen molar-refractivity contribution in [1.82, 2.24) is 9.88 Å². The highest BCUT2D eigenvalue weighted by Crippen LogP contribution is 2.35. The van der Waals surface area contributed by atoms with Gasteiger partial charge in [0.1, 0.15) is 5.75 Å². The Balaban J connectivity index is 1.42. The van der Waals surface area contributed by atoms with Gasteiger partial charge in [-0.15, -0.1) is 0 Å². The molecule has 0 bridgehead atoms. The van der Waals surface area contributed by atoms with E-state index in [1.165, 1.54) is 18.4 Å². The van der Waals surface area contributed by atoms with Crippen molar-refractivity contribution in [2.75, 3.05) is 38.2 Å². The summed E-state index contributed by atoms with van der Waals surface area (Å²) in [4.78, 5) is 20.9. The second kappa shape index (κ2) is 9.30. The third kappa shape index (κ3) is 4.40. The molecule has 10 heteroatoms. The molecule has 9 nitrogen and oxygen atoms in total. The van der Waals surface area contributed by atoms with Crippen LogP contribution in [0.2, 0.25) is 0 Å². The number of rotatable bonds is 6. The Hall–Kier alpha value is -4.05. The number of methoxy groups -OCH3 is 1. The van der Waals surface area contributed by atoms with Crippen molar-refractivity contribution in [3.8, 4) is 17.4 Å². The topological polar surface area (TPSA) is 106 Å². The Morgan fingerprint density at radius 2 is 1.74 bits per heavy atom. The van der Waals surface area contributed by atoms with Gasteiger partial charge >= 0.3 is 0 Å².